The van der Waals surface area contributed by atoms with Gasteiger partial charge in [0.05, 0.1) is 27.9 Å². The average molecular weight is 557 g/mol. The molecule has 0 aromatic heterocycles. The van der Waals surface area contributed by atoms with Gasteiger partial charge < -0.3 is 40.6 Å². The molecule has 2 aromatic carbocycles. The third kappa shape index (κ3) is 12.8. The van der Waals surface area contributed by atoms with E-state index < -0.39 is 0 Å². The molecule has 0 saturated heterocycles. The molecule has 2 rings (SSSR count). The number of hydrogen-bond acceptors (Lipinski definition) is 9. The lowest BCUT2D eigenvalue weighted by atomic mass is 10.1. The van der Waals surface area contributed by atoms with Crippen LogP contribution in [0.1, 0.15) is 48.0 Å². The van der Waals surface area contributed by atoms with E-state index in [0.29, 0.717) is 29.4 Å². The molecule has 0 amide bonds. The van der Waals surface area contributed by atoms with Crippen molar-refractivity contribution in [3.05, 3.63) is 53.6 Å². The topological polar surface area (TPSA) is 116 Å². The molecule has 222 valence electrons. The molecular weight excluding hydrogens is 508 g/mol. The molecule has 0 radical (unpaired) electrons. The fourth-order valence-corrected chi connectivity index (χ4v) is 3.99. The van der Waals surface area contributed by atoms with Gasteiger partial charge in [0.1, 0.15) is 5.75 Å². The molecule has 0 aliphatic heterocycles. The number of methoxy groups -OCH3 is 3. The molecular formula is C31H48N4O5. The predicted molar refractivity (Wildman–Crippen MR) is 162 cm³/mol. The zero-order chi connectivity index (χ0) is 28.8. The van der Waals surface area contributed by atoms with E-state index in [1.807, 2.05) is 24.3 Å². The number of hydrogen-bond donors (Lipinski definition) is 4. The normalized spacial score (nSPS) is 11.1. The highest BCUT2D eigenvalue weighted by molar-refractivity contribution is 6.07. The first-order valence-electron chi connectivity index (χ1n) is 14.2. The van der Waals surface area contributed by atoms with Crippen LogP contribution >= 0.6 is 0 Å². The maximum Gasteiger partial charge on any atom is 0.203 e. The van der Waals surface area contributed by atoms with Gasteiger partial charge in [0, 0.05) is 5.56 Å². The highest BCUT2D eigenvalue weighted by Gasteiger charge is 2.15. The number of allylic oxidation sites excluding steroid dienone is 1. The van der Waals surface area contributed by atoms with Gasteiger partial charge in [-0.1, -0.05) is 18.2 Å². The molecule has 0 aliphatic carbocycles. The second-order valence-corrected chi connectivity index (χ2v) is 9.34. The molecule has 0 unspecified atom stereocenters. The van der Waals surface area contributed by atoms with E-state index in [4.69, 9.17) is 24.7 Å². The zero-order valence-corrected chi connectivity index (χ0v) is 24.4. The van der Waals surface area contributed by atoms with Crippen LogP contribution in [-0.2, 0) is 0 Å². The van der Waals surface area contributed by atoms with E-state index in [0.717, 1.165) is 76.4 Å². The van der Waals surface area contributed by atoms with Crippen LogP contribution in [0.4, 0.5) is 0 Å². The number of carbonyl (C=O) groups is 1. The standard InChI is InChI=1S/C31H48N4O5/c1-37-29-23-26(24-30(38-2)31(29)39-3)28(36)14-11-25-9-12-27(13-10-25)40-22-8-21-35-20-7-19-34-17-5-4-16-33-18-6-15-32/h9-14,23-24,33-35H,4-8,15-22,32H2,1-3H3/b14-11+. The van der Waals surface area contributed by atoms with Gasteiger partial charge in [-0.05, 0) is 114 Å². The van der Waals surface area contributed by atoms with E-state index in [9.17, 15) is 4.79 Å². The van der Waals surface area contributed by atoms with E-state index in [-0.39, 0.29) is 5.78 Å². The molecule has 0 saturated carbocycles. The van der Waals surface area contributed by atoms with Crippen molar-refractivity contribution in [2.24, 2.45) is 5.73 Å². The summed E-state index contributed by atoms with van der Waals surface area (Å²) in [6, 6.07) is 11.0. The van der Waals surface area contributed by atoms with Gasteiger partial charge in [0.15, 0.2) is 17.3 Å². The molecule has 0 bridgehead atoms. The Morgan fingerprint density at radius 3 is 1.85 bits per heavy atom. The van der Waals surface area contributed by atoms with Crippen LogP contribution in [0, 0.1) is 0 Å². The van der Waals surface area contributed by atoms with Gasteiger partial charge in [-0.3, -0.25) is 4.79 Å². The molecule has 40 heavy (non-hydrogen) atoms. The molecule has 5 N–H and O–H groups in total. The molecule has 9 nitrogen and oxygen atoms in total. The second-order valence-electron chi connectivity index (χ2n) is 9.34. The second kappa shape index (κ2) is 20.7. The Bertz CT molecular complexity index is 973. The first-order valence-corrected chi connectivity index (χ1v) is 14.2. The van der Waals surface area contributed by atoms with Gasteiger partial charge in [0.2, 0.25) is 5.75 Å². The average Bonchev–Trinajstić information content (AvgIpc) is 2.99. The van der Waals surface area contributed by atoms with Gasteiger partial charge in [-0.25, -0.2) is 0 Å². The van der Waals surface area contributed by atoms with Crippen molar-refractivity contribution in [1.82, 2.24) is 16.0 Å². The molecule has 9 heteroatoms. The monoisotopic (exact) mass is 556 g/mol. The van der Waals surface area contributed by atoms with Crippen LogP contribution in [-0.4, -0.2) is 79.5 Å². The summed E-state index contributed by atoms with van der Waals surface area (Å²) in [5, 5.41) is 10.4. The molecule has 0 aliphatic rings. The first kappa shape index (κ1) is 33.1. The first-order chi connectivity index (χ1) is 19.6. The lowest BCUT2D eigenvalue weighted by Gasteiger charge is -2.13. The smallest absolute Gasteiger partial charge is 0.203 e. The van der Waals surface area contributed by atoms with Crippen LogP contribution in [0.15, 0.2) is 42.5 Å². The fraction of sp³-hybridized carbons (Fsp3) is 0.516. The van der Waals surface area contributed by atoms with E-state index in [1.165, 1.54) is 40.2 Å². The number of ether oxygens (including phenoxy) is 4. The maximum absolute atomic E-state index is 12.7. The summed E-state index contributed by atoms with van der Waals surface area (Å²) in [4.78, 5) is 12.7. The minimum Gasteiger partial charge on any atom is -0.494 e. The lowest BCUT2D eigenvalue weighted by Crippen LogP contribution is -2.25. The lowest BCUT2D eigenvalue weighted by molar-refractivity contribution is 0.104. The summed E-state index contributed by atoms with van der Waals surface area (Å²) in [6.45, 7) is 7.55. The van der Waals surface area contributed by atoms with Crippen molar-refractivity contribution in [3.63, 3.8) is 0 Å². The number of carbonyl (C=O) groups excluding carboxylic acids is 1. The van der Waals surface area contributed by atoms with Gasteiger partial charge in [-0.15, -0.1) is 0 Å². The summed E-state index contributed by atoms with van der Waals surface area (Å²) in [7, 11) is 4.58. The third-order valence-electron chi connectivity index (χ3n) is 6.25. The van der Waals surface area contributed by atoms with E-state index >= 15 is 0 Å². The molecule has 0 spiro atoms. The quantitative estimate of drug-likeness (QED) is 0.0924. The van der Waals surface area contributed by atoms with Crippen LogP contribution in [0.25, 0.3) is 6.08 Å². The maximum atomic E-state index is 12.7. The fourth-order valence-electron chi connectivity index (χ4n) is 3.99. The van der Waals surface area contributed by atoms with Gasteiger partial charge >= 0.3 is 0 Å². The highest BCUT2D eigenvalue weighted by Crippen LogP contribution is 2.38. The Labute approximate surface area is 239 Å². The van der Waals surface area contributed by atoms with Crippen LogP contribution < -0.4 is 40.6 Å². The zero-order valence-electron chi connectivity index (χ0n) is 24.4. The number of unbranched alkanes of at least 4 members (excludes halogenated alkanes) is 1. The largest absolute Gasteiger partial charge is 0.494 e. The summed E-state index contributed by atoms with van der Waals surface area (Å²) >= 11 is 0. The summed E-state index contributed by atoms with van der Waals surface area (Å²) < 4.78 is 21.8. The van der Waals surface area contributed by atoms with Crippen LogP contribution in [0.2, 0.25) is 0 Å². The Hall–Kier alpha value is -3.11. The molecule has 0 fully saturated rings. The predicted octanol–water partition coefficient (Wildman–Crippen LogP) is 3.67. The van der Waals surface area contributed by atoms with Crippen molar-refractivity contribution in [3.8, 4) is 23.0 Å². The van der Waals surface area contributed by atoms with Crippen molar-refractivity contribution < 1.29 is 23.7 Å². The Kier molecular flexibility index (Phi) is 17.2. The minimum absolute atomic E-state index is 0.162. The van der Waals surface area contributed by atoms with Crippen molar-refractivity contribution in [2.45, 2.75) is 32.1 Å². The number of nitrogens with two attached hydrogens (primary N) is 1. The van der Waals surface area contributed by atoms with E-state index in [1.54, 1.807) is 18.2 Å². The molecule has 2 aromatic rings. The SMILES string of the molecule is COc1cc(C(=O)/C=C/c2ccc(OCCCNCCCNCCCCNCCCN)cc2)cc(OC)c1OC. The summed E-state index contributed by atoms with van der Waals surface area (Å²) in [5.41, 5.74) is 6.84. The highest BCUT2D eigenvalue weighted by atomic mass is 16.5. The minimum atomic E-state index is -0.162. The van der Waals surface area contributed by atoms with Crippen LogP contribution in [0.5, 0.6) is 23.0 Å². The Morgan fingerprint density at radius 2 is 1.30 bits per heavy atom. The van der Waals surface area contributed by atoms with Gasteiger partial charge in [0.25, 0.3) is 0 Å². The summed E-state index contributed by atoms with van der Waals surface area (Å²) in [6.07, 6.45) is 8.81. The third-order valence-corrected chi connectivity index (χ3v) is 6.25. The number of benzene rings is 2. The van der Waals surface area contributed by atoms with E-state index in [2.05, 4.69) is 16.0 Å². The Morgan fingerprint density at radius 1 is 0.750 bits per heavy atom. The van der Waals surface area contributed by atoms with Crippen molar-refractivity contribution in [1.29, 1.82) is 0 Å². The van der Waals surface area contributed by atoms with Crippen molar-refractivity contribution in [2.75, 3.05) is 73.7 Å². The summed E-state index contributed by atoms with van der Waals surface area (Å²) in [5.74, 6) is 1.99. The molecule has 0 heterocycles. The number of ketones is 1. The number of nitrogens with one attached hydrogen (secondary N) is 3. The van der Waals surface area contributed by atoms with Crippen molar-refractivity contribution >= 4 is 11.9 Å². The number of rotatable bonds is 23. The Balaban J connectivity index is 1.58. The van der Waals surface area contributed by atoms with Crippen LogP contribution in [0.3, 0.4) is 0 Å². The molecule has 0 atom stereocenters. The van der Waals surface area contributed by atoms with Gasteiger partial charge in [-0.2, -0.15) is 0 Å².